The first kappa shape index (κ1) is 11.4. The van der Waals surface area contributed by atoms with E-state index in [1.165, 1.54) is 19.3 Å². The second-order valence-electron chi connectivity index (χ2n) is 5.41. The maximum atomic E-state index is 11.0. The van der Waals surface area contributed by atoms with Crippen molar-refractivity contribution < 1.29 is 9.21 Å². The van der Waals surface area contributed by atoms with Crippen LogP contribution in [0.1, 0.15) is 74.3 Å². The van der Waals surface area contributed by atoms with Crippen LogP contribution in [0, 0.1) is 0 Å². The molecule has 0 spiro atoms. The minimum Gasteiger partial charge on any atom is -0.464 e. The van der Waals surface area contributed by atoms with Crippen LogP contribution < -0.4 is 0 Å². The van der Waals surface area contributed by atoms with E-state index in [1.807, 2.05) is 6.07 Å². The van der Waals surface area contributed by atoms with Crippen LogP contribution in [0.4, 0.5) is 0 Å². The predicted molar refractivity (Wildman–Crippen MR) is 64.0 cm³/mol. The summed E-state index contributed by atoms with van der Waals surface area (Å²) in [5, 5.41) is 0. The third kappa shape index (κ3) is 1.81. The summed E-state index contributed by atoms with van der Waals surface area (Å²) >= 11 is 0. The van der Waals surface area contributed by atoms with Crippen LogP contribution in [0.25, 0.3) is 0 Å². The Morgan fingerprint density at radius 3 is 2.62 bits per heavy atom. The van der Waals surface area contributed by atoms with Crippen molar-refractivity contribution in [1.82, 2.24) is 0 Å². The van der Waals surface area contributed by atoms with Gasteiger partial charge in [-0.2, -0.15) is 0 Å². The molecule has 0 aliphatic heterocycles. The first-order chi connectivity index (χ1) is 7.58. The molecule has 0 radical (unpaired) electrons. The molecule has 1 saturated carbocycles. The predicted octanol–water partition coefficient (Wildman–Crippen LogP) is 4.05. The first-order valence-electron chi connectivity index (χ1n) is 6.18. The van der Waals surface area contributed by atoms with E-state index in [9.17, 15) is 4.79 Å². The van der Waals surface area contributed by atoms with Gasteiger partial charge in [-0.3, -0.25) is 4.79 Å². The van der Waals surface area contributed by atoms with Gasteiger partial charge in [0.05, 0.1) is 5.56 Å². The van der Waals surface area contributed by atoms with Gasteiger partial charge in [-0.05, 0) is 25.3 Å². The van der Waals surface area contributed by atoms with Gasteiger partial charge in [0, 0.05) is 11.3 Å². The molecule has 1 fully saturated rings. The third-order valence-electron chi connectivity index (χ3n) is 3.94. The van der Waals surface area contributed by atoms with E-state index in [2.05, 4.69) is 20.8 Å². The van der Waals surface area contributed by atoms with E-state index in [-0.39, 0.29) is 5.41 Å². The highest BCUT2D eigenvalue weighted by Crippen LogP contribution is 2.41. The van der Waals surface area contributed by atoms with Crippen molar-refractivity contribution in [2.75, 3.05) is 0 Å². The molecule has 2 nitrogen and oxygen atoms in total. The number of aldehydes is 1. The van der Waals surface area contributed by atoms with Crippen molar-refractivity contribution >= 4 is 6.29 Å². The Balaban J connectivity index is 2.35. The van der Waals surface area contributed by atoms with Crippen LogP contribution in [0.3, 0.4) is 0 Å². The van der Waals surface area contributed by atoms with Crippen LogP contribution in [0.2, 0.25) is 0 Å². The molecule has 1 aromatic rings. The molecule has 0 unspecified atom stereocenters. The molecule has 0 bridgehead atoms. The standard InChI is InChI=1S/C14H20O2/c1-4-14(2,3)12-8-11(9-15)13(16-12)10-6-5-7-10/h8-10H,4-7H2,1-3H3. The van der Waals surface area contributed by atoms with Crippen molar-refractivity contribution in [2.45, 2.75) is 57.8 Å². The Hall–Kier alpha value is -1.05. The van der Waals surface area contributed by atoms with Crippen LogP contribution in [0.5, 0.6) is 0 Å². The maximum absolute atomic E-state index is 11.0. The Morgan fingerprint density at radius 2 is 2.19 bits per heavy atom. The van der Waals surface area contributed by atoms with Crippen LogP contribution in [-0.4, -0.2) is 6.29 Å². The minimum atomic E-state index is 0.0275. The second kappa shape index (κ2) is 4.08. The second-order valence-corrected chi connectivity index (χ2v) is 5.41. The Bertz CT molecular complexity index is 383. The normalized spacial score (nSPS) is 17.2. The number of hydrogen-bond donors (Lipinski definition) is 0. The van der Waals surface area contributed by atoms with Gasteiger partial charge in [0.1, 0.15) is 11.5 Å². The molecule has 1 aromatic heterocycles. The molecular formula is C14H20O2. The molecule has 16 heavy (non-hydrogen) atoms. The Labute approximate surface area is 97.0 Å². The quantitative estimate of drug-likeness (QED) is 0.717. The molecule has 2 rings (SSSR count). The molecule has 0 saturated heterocycles. The number of carbonyl (C=O) groups excluding carboxylic acids is 1. The van der Waals surface area contributed by atoms with Gasteiger partial charge >= 0.3 is 0 Å². The fourth-order valence-corrected chi connectivity index (χ4v) is 2.01. The summed E-state index contributed by atoms with van der Waals surface area (Å²) in [5.74, 6) is 2.37. The van der Waals surface area contributed by atoms with Crippen molar-refractivity contribution in [2.24, 2.45) is 0 Å². The zero-order valence-corrected chi connectivity index (χ0v) is 10.4. The molecule has 0 atom stereocenters. The topological polar surface area (TPSA) is 30.2 Å². The molecule has 1 heterocycles. The zero-order valence-electron chi connectivity index (χ0n) is 10.4. The van der Waals surface area contributed by atoms with Crippen LogP contribution in [0.15, 0.2) is 10.5 Å². The molecule has 0 amide bonds. The van der Waals surface area contributed by atoms with Crippen molar-refractivity contribution in [3.8, 4) is 0 Å². The first-order valence-corrected chi connectivity index (χ1v) is 6.18. The van der Waals surface area contributed by atoms with Gasteiger partial charge in [0.15, 0.2) is 6.29 Å². The number of furan rings is 1. The summed E-state index contributed by atoms with van der Waals surface area (Å²) in [5.41, 5.74) is 0.793. The van der Waals surface area contributed by atoms with E-state index < -0.39 is 0 Å². The third-order valence-corrected chi connectivity index (χ3v) is 3.94. The molecular weight excluding hydrogens is 200 g/mol. The van der Waals surface area contributed by atoms with Crippen LogP contribution >= 0.6 is 0 Å². The van der Waals surface area contributed by atoms with Crippen molar-refractivity contribution in [1.29, 1.82) is 0 Å². The molecule has 1 aliphatic carbocycles. The number of carbonyl (C=O) groups is 1. The minimum absolute atomic E-state index is 0.0275. The molecule has 0 aromatic carbocycles. The highest BCUT2D eigenvalue weighted by molar-refractivity contribution is 5.77. The number of hydrogen-bond acceptors (Lipinski definition) is 2. The lowest BCUT2D eigenvalue weighted by Gasteiger charge is -2.24. The van der Waals surface area contributed by atoms with Crippen LogP contribution in [-0.2, 0) is 5.41 Å². The van der Waals surface area contributed by atoms with Gasteiger partial charge in [0.2, 0.25) is 0 Å². The van der Waals surface area contributed by atoms with E-state index in [0.717, 1.165) is 29.8 Å². The lowest BCUT2D eigenvalue weighted by Crippen LogP contribution is -2.14. The largest absolute Gasteiger partial charge is 0.464 e. The fourth-order valence-electron chi connectivity index (χ4n) is 2.01. The van der Waals surface area contributed by atoms with Crippen molar-refractivity contribution in [3.05, 3.63) is 23.2 Å². The Kier molecular flexibility index (Phi) is 2.92. The molecule has 88 valence electrons. The summed E-state index contributed by atoms with van der Waals surface area (Å²) in [6, 6.07) is 1.93. The average Bonchev–Trinajstić information content (AvgIpc) is 2.60. The monoisotopic (exact) mass is 220 g/mol. The van der Waals surface area contributed by atoms with Gasteiger partial charge in [-0.1, -0.05) is 27.2 Å². The molecule has 2 heteroatoms. The summed E-state index contributed by atoms with van der Waals surface area (Å²) in [7, 11) is 0. The summed E-state index contributed by atoms with van der Waals surface area (Å²) in [4.78, 5) is 11.0. The van der Waals surface area contributed by atoms with Gasteiger partial charge in [-0.15, -0.1) is 0 Å². The SMILES string of the molecule is CCC(C)(C)c1cc(C=O)c(C2CCC2)o1. The van der Waals surface area contributed by atoms with Gasteiger partial charge < -0.3 is 4.42 Å². The average molecular weight is 220 g/mol. The highest BCUT2D eigenvalue weighted by atomic mass is 16.3. The van der Waals surface area contributed by atoms with Crippen molar-refractivity contribution in [3.63, 3.8) is 0 Å². The summed E-state index contributed by atoms with van der Waals surface area (Å²) in [6.07, 6.45) is 5.55. The lowest BCUT2D eigenvalue weighted by atomic mass is 9.82. The fraction of sp³-hybridized carbons (Fsp3) is 0.643. The van der Waals surface area contributed by atoms with E-state index in [1.54, 1.807) is 0 Å². The smallest absolute Gasteiger partial charge is 0.153 e. The highest BCUT2D eigenvalue weighted by Gasteiger charge is 2.30. The summed E-state index contributed by atoms with van der Waals surface area (Å²) in [6.45, 7) is 6.46. The van der Waals surface area contributed by atoms with Gasteiger partial charge in [-0.25, -0.2) is 0 Å². The van der Waals surface area contributed by atoms with Gasteiger partial charge in [0.25, 0.3) is 0 Å². The lowest BCUT2D eigenvalue weighted by molar-refractivity contribution is 0.112. The molecule has 0 N–H and O–H groups in total. The zero-order chi connectivity index (χ0) is 11.8. The molecule has 1 aliphatic rings. The Morgan fingerprint density at radius 1 is 1.50 bits per heavy atom. The van der Waals surface area contributed by atoms with E-state index in [0.29, 0.717) is 5.92 Å². The maximum Gasteiger partial charge on any atom is 0.153 e. The number of rotatable bonds is 4. The summed E-state index contributed by atoms with van der Waals surface area (Å²) < 4.78 is 5.93. The van der Waals surface area contributed by atoms with E-state index in [4.69, 9.17) is 4.42 Å². The van der Waals surface area contributed by atoms with E-state index >= 15 is 0 Å².